The molecule has 1 unspecified atom stereocenters. The number of unbranched alkanes of at least 4 members (excludes halogenated alkanes) is 18. The van der Waals surface area contributed by atoms with Gasteiger partial charge in [0.05, 0.1) is 6.61 Å². The summed E-state index contributed by atoms with van der Waals surface area (Å²) in [6, 6.07) is 0. The topological polar surface area (TPSA) is 72.8 Å². The standard InChI is InChI=1S/C62H100O5/c1-3-5-7-9-11-13-15-17-19-20-21-22-23-24-25-26-27-28-29-30-31-32-33-34-35-36-37-38-39-40-41-42-43-45-47-49-51-53-55-57-62(65)67-60(58-63)59-66-61(64)56-54-52-50-48-46-44-18-16-14-12-10-8-6-4-2/h5,7,11,13,16-19,21-22,24-25,27-28,30-31,33-34,36-37,39-40,60,63H,3-4,6,8-10,12,14-15,20,23,26,29,32,35,38,41-59H2,1-2H3/b7-5-,13-11-,18-16-,19-17-,22-21-,25-24-,28-27-,31-30-,34-33-,37-36-,40-39-. The monoisotopic (exact) mass is 925 g/mol. The maximum atomic E-state index is 12.3. The summed E-state index contributed by atoms with van der Waals surface area (Å²) in [4.78, 5) is 24.4. The lowest BCUT2D eigenvalue weighted by Gasteiger charge is -2.15. The van der Waals surface area contributed by atoms with Gasteiger partial charge in [-0.25, -0.2) is 0 Å². The number of hydrogen-bond donors (Lipinski definition) is 1. The Hall–Kier alpha value is -3.96. The van der Waals surface area contributed by atoms with Gasteiger partial charge >= 0.3 is 11.9 Å². The number of ether oxygens (including phenoxy) is 2. The van der Waals surface area contributed by atoms with Crippen LogP contribution in [0, 0.1) is 0 Å². The van der Waals surface area contributed by atoms with Crippen molar-refractivity contribution in [3.8, 4) is 0 Å². The summed E-state index contributed by atoms with van der Waals surface area (Å²) in [5.41, 5.74) is 0. The fourth-order valence-corrected chi connectivity index (χ4v) is 7.11. The van der Waals surface area contributed by atoms with Crippen LogP contribution in [0.25, 0.3) is 0 Å². The number of aliphatic hydroxyl groups excluding tert-OH is 1. The summed E-state index contributed by atoms with van der Waals surface area (Å²) in [5.74, 6) is -0.617. The largest absolute Gasteiger partial charge is 0.462 e. The van der Waals surface area contributed by atoms with E-state index in [1.165, 1.54) is 83.5 Å². The zero-order valence-corrected chi connectivity index (χ0v) is 43.1. The summed E-state index contributed by atoms with van der Waals surface area (Å²) >= 11 is 0. The molecule has 0 radical (unpaired) electrons. The van der Waals surface area contributed by atoms with Crippen molar-refractivity contribution in [3.05, 3.63) is 134 Å². The third-order valence-electron chi connectivity index (χ3n) is 11.2. The lowest BCUT2D eigenvalue weighted by Crippen LogP contribution is -2.28. The number of carbonyl (C=O) groups excluding carboxylic acids is 2. The van der Waals surface area contributed by atoms with Crippen LogP contribution in [0.5, 0.6) is 0 Å². The molecule has 0 fully saturated rings. The second kappa shape index (κ2) is 56.4. The maximum absolute atomic E-state index is 12.3. The van der Waals surface area contributed by atoms with E-state index in [2.05, 4.69) is 148 Å². The molecular formula is C62H100O5. The molecule has 1 atom stereocenters. The van der Waals surface area contributed by atoms with Gasteiger partial charge in [0.15, 0.2) is 6.10 Å². The molecule has 0 aromatic carbocycles. The first-order valence-electron chi connectivity index (χ1n) is 27.2. The molecule has 1 N–H and O–H groups in total. The first-order valence-corrected chi connectivity index (χ1v) is 27.2. The summed E-state index contributed by atoms with van der Waals surface area (Å²) in [6.45, 7) is 3.99. The van der Waals surface area contributed by atoms with Crippen molar-refractivity contribution in [2.24, 2.45) is 0 Å². The summed E-state index contributed by atoms with van der Waals surface area (Å²) < 4.78 is 10.6. The fourth-order valence-electron chi connectivity index (χ4n) is 7.11. The van der Waals surface area contributed by atoms with Crippen molar-refractivity contribution < 1.29 is 24.2 Å². The molecule has 0 aliphatic carbocycles. The van der Waals surface area contributed by atoms with Crippen molar-refractivity contribution in [1.29, 1.82) is 0 Å². The highest BCUT2D eigenvalue weighted by Gasteiger charge is 2.16. The minimum Gasteiger partial charge on any atom is -0.462 e. The molecule has 0 saturated carbocycles. The Morgan fingerprint density at radius 1 is 0.358 bits per heavy atom. The third-order valence-corrected chi connectivity index (χ3v) is 11.2. The number of allylic oxidation sites excluding steroid dienone is 22. The molecule has 0 amide bonds. The molecule has 0 rings (SSSR count). The zero-order chi connectivity index (χ0) is 48.5. The average molecular weight is 925 g/mol. The summed E-state index contributed by atoms with van der Waals surface area (Å²) in [7, 11) is 0. The predicted molar refractivity (Wildman–Crippen MR) is 292 cm³/mol. The average Bonchev–Trinajstić information content (AvgIpc) is 3.33. The zero-order valence-electron chi connectivity index (χ0n) is 43.1. The van der Waals surface area contributed by atoms with Gasteiger partial charge in [-0.15, -0.1) is 0 Å². The lowest BCUT2D eigenvalue weighted by atomic mass is 10.1. The Morgan fingerprint density at radius 2 is 0.642 bits per heavy atom. The number of rotatable bonds is 48. The van der Waals surface area contributed by atoms with E-state index in [1.807, 2.05) is 0 Å². The van der Waals surface area contributed by atoms with Gasteiger partial charge in [0.2, 0.25) is 0 Å². The normalized spacial score (nSPS) is 13.3. The van der Waals surface area contributed by atoms with Crippen LogP contribution in [0.3, 0.4) is 0 Å². The van der Waals surface area contributed by atoms with Crippen LogP contribution in [0.1, 0.15) is 226 Å². The van der Waals surface area contributed by atoms with Gasteiger partial charge in [-0.1, -0.05) is 231 Å². The molecule has 67 heavy (non-hydrogen) atoms. The van der Waals surface area contributed by atoms with E-state index in [0.717, 1.165) is 116 Å². The highest BCUT2D eigenvalue weighted by atomic mass is 16.6. The van der Waals surface area contributed by atoms with E-state index in [0.29, 0.717) is 12.8 Å². The number of aliphatic hydroxyl groups is 1. The molecule has 0 aromatic rings. The molecule has 0 heterocycles. The molecule has 0 aliphatic rings. The van der Waals surface area contributed by atoms with E-state index in [1.54, 1.807) is 0 Å². The molecule has 0 bridgehead atoms. The van der Waals surface area contributed by atoms with Crippen molar-refractivity contribution in [3.63, 3.8) is 0 Å². The van der Waals surface area contributed by atoms with E-state index in [9.17, 15) is 14.7 Å². The third kappa shape index (κ3) is 54.5. The van der Waals surface area contributed by atoms with Crippen LogP contribution in [0.15, 0.2) is 134 Å². The first-order chi connectivity index (χ1) is 33.1. The fraction of sp³-hybridized carbons (Fsp3) is 0.613. The van der Waals surface area contributed by atoms with Crippen molar-refractivity contribution in [1.82, 2.24) is 0 Å². The first kappa shape index (κ1) is 63.0. The minimum atomic E-state index is -0.788. The quantitative estimate of drug-likeness (QED) is 0.0374. The number of hydrogen-bond acceptors (Lipinski definition) is 5. The molecule has 5 heteroatoms. The van der Waals surface area contributed by atoms with Crippen molar-refractivity contribution in [2.45, 2.75) is 232 Å². The molecule has 0 saturated heterocycles. The highest BCUT2D eigenvalue weighted by molar-refractivity contribution is 5.70. The Kier molecular flexibility index (Phi) is 53.0. The van der Waals surface area contributed by atoms with E-state index in [4.69, 9.17) is 9.47 Å². The van der Waals surface area contributed by atoms with Crippen LogP contribution in [-0.4, -0.2) is 36.4 Å². The Bertz CT molecular complexity index is 1420. The van der Waals surface area contributed by atoms with Crippen LogP contribution in [0.4, 0.5) is 0 Å². The Labute approximate surface area is 413 Å². The Morgan fingerprint density at radius 3 is 0.985 bits per heavy atom. The van der Waals surface area contributed by atoms with Crippen LogP contribution >= 0.6 is 0 Å². The minimum absolute atomic E-state index is 0.0799. The van der Waals surface area contributed by atoms with Gasteiger partial charge < -0.3 is 14.6 Å². The molecule has 5 nitrogen and oxygen atoms in total. The summed E-state index contributed by atoms with van der Waals surface area (Å²) in [6.07, 6.45) is 84.1. The molecule has 378 valence electrons. The lowest BCUT2D eigenvalue weighted by molar-refractivity contribution is -0.161. The van der Waals surface area contributed by atoms with Gasteiger partial charge in [0.1, 0.15) is 6.61 Å². The molecule has 0 aromatic heterocycles. The highest BCUT2D eigenvalue weighted by Crippen LogP contribution is 2.13. The van der Waals surface area contributed by atoms with E-state index >= 15 is 0 Å². The summed E-state index contributed by atoms with van der Waals surface area (Å²) in [5, 5.41) is 9.62. The van der Waals surface area contributed by atoms with Crippen LogP contribution in [0.2, 0.25) is 0 Å². The van der Waals surface area contributed by atoms with E-state index in [-0.39, 0.29) is 25.2 Å². The van der Waals surface area contributed by atoms with Gasteiger partial charge in [0.25, 0.3) is 0 Å². The maximum Gasteiger partial charge on any atom is 0.306 e. The van der Waals surface area contributed by atoms with Crippen molar-refractivity contribution in [2.75, 3.05) is 13.2 Å². The van der Waals surface area contributed by atoms with Gasteiger partial charge in [-0.05, 0) is 116 Å². The second-order valence-corrected chi connectivity index (χ2v) is 17.6. The number of carbonyl (C=O) groups is 2. The van der Waals surface area contributed by atoms with Gasteiger partial charge in [-0.2, -0.15) is 0 Å². The Balaban J connectivity index is 3.62. The molecule has 0 spiro atoms. The second-order valence-electron chi connectivity index (χ2n) is 17.6. The predicted octanol–water partition coefficient (Wildman–Crippen LogP) is 18.5. The van der Waals surface area contributed by atoms with Gasteiger partial charge in [-0.3, -0.25) is 9.59 Å². The smallest absolute Gasteiger partial charge is 0.306 e. The molecule has 0 aliphatic heterocycles. The van der Waals surface area contributed by atoms with E-state index < -0.39 is 6.10 Å². The molecular weight excluding hydrogens is 825 g/mol. The van der Waals surface area contributed by atoms with Gasteiger partial charge in [0, 0.05) is 12.8 Å². The SMILES string of the molecule is CC/C=C\C/C=C\C/C=C\C/C=C\C/C=C\C/C=C\C/C=C\C/C=C\C/C=C\C/C=C\CCCCCCCCCCC(=O)OC(CO)COC(=O)CCCCCCC/C=C\CCCCCCC. The number of esters is 2. The van der Waals surface area contributed by atoms with Crippen LogP contribution < -0.4 is 0 Å². The van der Waals surface area contributed by atoms with Crippen molar-refractivity contribution >= 4 is 11.9 Å². The van der Waals surface area contributed by atoms with Crippen LogP contribution in [-0.2, 0) is 19.1 Å².